The third-order valence-corrected chi connectivity index (χ3v) is 4.07. The lowest BCUT2D eigenvalue weighted by molar-refractivity contribution is 0.275. The van der Waals surface area contributed by atoms with Gasteiger partial charge in [-0.15, -0.1) is 0 Å². The van der Waals surface area contributed by atoms with E-state index < -0.39 is 0 Å². The second-order valence-electron chi connectivity index (χ2n) is 4.96. The van der Waals surface area contributed by atoms with E-state index in [0.717, 1.165) is 23.7 Å². The molecule has 0 amide bonds. The summed E-state index contributed by atoms with van der Waals surface area (Å²) in [6.07, 6.45) is 5.24. The van der Waals surface area contributed by atoms with Crippen LogP contribution in [0.15, 0.2) is 11.6 Å². The normalized spacial score (nSPS) is 37.0. The molecule has 13 heavy (non-hydrogen) atoms. The minimum Gasteiger partial charge on any atom is -0.0819 e. The van der Waals surface area contributed by atoms with Gasteiger partial charge >= 0.3 is 0 Å². The van der Waals surface area contributed by atoms with Crippen LogP contribution in [0.2, 0.25) is 0 Å². The van der Waals surface area contributed by atoms with Crippen molar-refractivity contribution in [3.05, 3.63) is 11.6 Å². The molecule has 0 bridgehead atoms. The first-order chi connectivity index (χ1) is 6.06. The molecule has 0 aromatic carbocycles. The van der Waals surface area contributed by atoms with E-state index in [2.05, 4.69) is 40.7 Å². The third kappa shape index (κ3) is 2.36. The molecule has 0 fully saturated rings. The summed E-state index contributed by atoms with van der Waals surface area (Å²) in [6.45, 7) is 11.8. The second kappa shape index (κ2) is 4.30. The molecule has 1 unspecified atom stereocenters. The number of allylic oxidation sites excluding steroid dienone is 2. The average molecular weight is 180 g/mol. The molecule has 0 saturated heterocycles. The van der Waals surface area contributed by atoms with E-state index in [9.17, 15) is 0 Å². The quantitative estimate of drug-likeness (QED) is 0.557. The Morgan fingerprint density at radius 3 is 2.54 bits per heavy atom. The van der Waals surface area contributed by atoms with E-state index in [1.807, 2.05) is 0 Å². The molecule has 0 spiro atoms. The van der Waals surface area contributed by atoms with Crippen LogP contribution < -0.4 is 0 Å². The summed E-state index contributed by atoms with van der Waals surface area (Å²) in [5.74, 6) is 3.39. The summed E-state index contributed by atoms with van der Waals surface area (Å²) in [5.41, 5.74) is 1.61. The van der Waals surface area contributed by atoms with Crippen LogP contribution in [0.25, 0.3) is 0 Å². The van der Waals surface area contributed by atoms with Crippen LogP contribution in [0.4, 0.5) is 0 Å². The van der Waals surface area contributed by atoms with Gasteiger partial charge in [0.05, 0.1) is 0 Å². The molecule has 1 rings (SSSR count). The molecule has 0 aromatic rings. The van der Waals surface area contributed by atoms with Gasteiger partial charge in [-0.3, -0.25) is 0 Å². The van der Waals surface area contributed by atoms with Crippen molar-refractivity contribution in [2.24, 2.45) is 23.7 Å². The number of hydrogen-bond acceptors (Lipinski definition) is 0. The highest BCUT2D eigenvalue weighted by Crippen LogP contribution is 2.36. The van der Waals surface area contributed by atoms with Crippen LogP contribution in [-0.4, -0.2) is 0 Å². The Balaban J connectivity index is 2.71. The Hall–Kier alpha value is -0.260. The molecule has 0 heterocycles. The van der Waals surface area contributed by atoms with E-state index in [0.29, 0.717) is 0 Å². The summed E-state index contributed by atoms with van der Waals surface area (Å²) in [5, 5.41) is 0. The summed E-state index contributed by atoms with van der Waals surface area (Å²) < 4.78 is 0. The smallest absolute Gasteiger partial charge is 0.0202 e. The molecule has 0 heteroatoms. The third-order valence-electron chi connectivity index (χ3n) is 4.07. The number of hydrogen-bond donors (Lipinski definition) is 0. The molecule has 4 atom stereocenters. The minimum absolute atomic E-state index is 0.806. The van der Waals surface area contributed by atoms with Gasteiger partial charge in [-0.25, -0.2) is 0 Å². The van der Waals surface area contributed by atoms with Crippen molar-refractivity contribution >= 4 is 0 Å². The molecular formula is C13H24. The fraction of sp³-hybridized carbons (Fsp3) is 0.846. The second-order valence-corrected chi connectivity index (χ2v) is 4.96. The summed E-state index contributed by atoms with van der Waals surface area (Å²) in [6, 6.07) is 0. The molecule has 76 valence electrons. The highest BCUT2D eigenvalue weighted by Gasteiger charge is 2.26. The zero-order valence-electron chi connectivity index (χ0n) is 9.80. The van der Waals surface area contributed by atoms with Gasteiger partial charge in [0.15, 0.2) is 0 Å². The molecule has 0 saturated carbocycles. The van der Waals surface area contributed by atoms with E-state index in [-0.39, 0.29) is 0 Å². The van der Waals surface area contributed by atoms with E-state index in [1.54, 1.807) is 5.57 Å². The first-order valence-electron chi connectivity index (χ1n) is 5.74. The lowest BCUT2D eigenvalue weighted by Crippen LogP contribution is -2.23. The SMILES string of the molecule is CC[C@H](C)C1C=C(C)[C@H](C)[C@H](C)C1. The monoisotopic (exact) mass is 180 g/mol. The van der Waals surface area contributed by atoms with Crippen molar-refractivity contribution in [1.29, 1.82) is 0 Å². The highest BCUT2D eigenvalue weighted by molar-refractivity contribution is 5.10. The van der Waals surface area contributed by atoms with Gasteiger partial charge in [0.2, 0.25) is 0 Å². The number of rotatable bonds is 2. The zero-order valence-corrected chi connectivity index (χ0v) is 9.80. The van der Waals surface area contributed by atoms with E-state index in [1.165, 1.54) is 12.8 Å². The van der Waals surface area contributed by atoms with Crippen molar-refractivity contribution in [3.63, 3.8) is 0 Å². The molecule has 0 aromatic heterocycles. The fourth-order valence-corrected chi connectivity index (χ4v) is 2.34. The van der Waals surface area contributed by atoms with Gasteiger partial charge in [-0.05, 0) is 37.0 Å². The topological polar surface area (TPSA) is 0 Å². The van der Waals surface area contributed by atoms with Gasteiger partial charge in [0, 0.05) is 0 Å². The first-order valence-corrected chi connectivity index (χ1v) is 5.74. The van der Waals surface area contributed by atoms with Gasteiger partial charge in [0.25, 0.3) is 0 Å². The lowest BCUT2D eigenvalue weighted by atomic mass is 9.72. The van der Waals surface area contributed by atoms with Crippen molar-refractivity contribution in [2.75, 3.05) is 0 Å². The van der Waals surface area contributed by atoms with E-state index >= 15 is 0 Å². The maximum Gasteiger partial charge on any atom is -0.0202 e. The van der Waals surface area contributed by atoms with Crippen LogP contribution in [0.3, 0.4) is 0 Å². The highest BCUT2D eigenvalue weighted by atomic mass is 14.3. The van der Waals surface area contributed by atoms with Crippen LogP contribution >= 0.6 is 0 Å². The maximum atomic E-state index is 2.53. The standard InChI is InChI=1S/C13H24/c1-6-9(2)13-7-10(3)12(5)11(4)8-13/h7,9,11-13H,6,8H2,1-5H3/t9-,11+,12-,13?/m0/s1. The maximum absolute atomic E-state index is 2.53. The van der Waals surface area contributed by atoms with Crippen LogP contribution in [0.5, 0.6) is 0 Å². The van der Waals surface area contributed by atoms with Crippen LogP contribution in [0, 0.1) is 23.7 Å². The fourth-order valence-electron chi connectivity index (χ4n) is 2.34. The molecule has 1 aliphatic rings. The minimum atomic E-state index is 0.806. The van der Waals surface area contributed by atoms with Crippen molar-refractivity contribution in [2.45, 2.75) is 47.5 Å². The predicted molar refractivity (Wildman–Crippen MR) is 59.6 cm³/mol. The van der Waals surface area contributed by atoms with Gasteiger partial charge < -0.3 is 0 Å². The van der Waals surface area contributed by atoms with Crippen LogP contribution in [0.1, 0.15) is 47.5 Å². The zero-order chi connectivity index (χ0) is 10.0. The van der Waals surface area contributed by atoms with Crippen molar-refractivity contribution < 1.29 is 0 Å². The summed E-state index contributed by atoms with van der Waals surface area (Å²) in [4.78, 5) is 0. The molecular weight excluding hydrogens is 156 g/mol. The Labute approximate surface area is 83.4 Å². The Morgan fingerprint density at radius 1 is 1.46 bits per heavy atom. The molecule has 1 aliphatic carbocycles. The first kappa shape index (κ1) is 10.8. The lowest BCUT2D eigenvalue weighted by Gasteiger charge is -2.33. The van der Waals surface area contributed by atoms with E-state index in [4.69, 9.17) is 0 Å². The Bertz CT molecular complexity index is 190. The summed E-state index contributed by atoms with van der Waals surface area (Å²) in [7, 11) is 0. The van der Waals surface area contributed by atoms with Crippen LogP contribution in [-0.2, 0) is 0 Å². The molecule has 0 N–H and O–H groups in total. The molecule has 0 nitrogen and oxygen atoms in total. The Morgan fingerprint density at radius 2 is 2.08 bits per heavy atom. The van der Waals surface area contributed by atoms with Gasteiger partial charge in [0.1, 0.15) is 0 Å². The largest absolute Gasteiger partial charge is 0.0819 e. The molecule has 0 radical (unpaired) electrons. The predicted octanol–water partition coefficient (Wildman–Crippen LogP) is 4.27. The van der Waals surface area contributed by atoms with Crippen molar-refractivity contribution in [1.82, 2.24) is 0 Å². The summed E-state index contributed by atoms with van der Waals surface area (Å²) >= 11 is 0. The Kier molecular flexibility index (Phi) is 3.58. The van der Waals surface area contributed by atoms with Crippen molar-refractivity contribution in [3.8, 4) is 0 Å². The molecule has 0 aliphatic heterocycles. The van der Waals surface area contributed by atoms with Gasteiger partial charge in [-0.2, -0.15) is 0 Å². The average Bonchev–Trinajstić information content (AvgIpc) is 2.12. The van der Waals surface area contributed by atoms with Gasteiger partial charge in [-0.1, -0.05) is 45.8 Å².